The fourth-order valence-corrected chi connectivity index (χ4v) is 3.03. The van der Waals surface area contributed by atoms with Crippen molar-refractivity contribution in [3.8, 4) is 0 Å². The number of nitrogens with zero attached hydrogens (tertiary/aromatic N) is 1. The molecule has 3 rings (SSSR count). The Morgan fingerprint density at radius 2 is 1.92 bits per heavy atom. The summed E-state index contributed by atoms with van der Waals surface area (Å²) in [6.45, 7) is 3.06. The molecule has 0 unspecified atom stereocenters. The molecule has 4 nitrogen and oxygen atoms in total. The van der Waals surface area contributed by atoms with Crippen molar-refractivity contribution in [2.75, 3.05) is 32.8 Å². The minimum atomic E-state index is -0.580. The first-order chi connectivity index (χ1) is 12.2. The Kier molecular flexibility index (Phi) is 6.53. The fraction of sp³-hybridized carbons (Fsp3) is 0.400. The normalized spacial score (nSPS) is 19.7. The van der Waals surface area contributed by atoms with Crippen molar-refractivity contribution in [2.45, 2.75) is 18.8 Å². The lowest BCUT2D eigenvalue weighted by atomic mass is 10.1. The van der Waals surface area contributed by atoms with Gasteiger partial charge in [-0.15, -0.1) is 0 Å². The summed E-state index contributed by atoms with van der Waals surface area (Å²) in [7, 11) is 0. The number of benzene rings is 2. The highest BCUT2D eigenvalue weighted by molar-refractivity contribution is 5.20. The van der Waals surface area contributed by atoms with Crippen molar-refractivity contribution >= 4 is 0 Å². The van der Waals surface area contributed by atoms with E-state index in [1.807, 2.05) is 36.4 Å². The van der Waals surface area contributed by atoms with Gasteiger partial charge in [0.15, 0.2) is 0 Å². The zero-order valence-electron chi connectivity index (χ0n) is 14.2. The summed E-state index contributed by atoms with van der Waals surface area (Å²) in [6, 6.07) is 16.6. The summed E-state index contributed by atoms with van der Waals surface area (Å²) in [4.78, 5) is 2.09. The molecule has 0 bridgehead atoms. The Bertz CT molecular complexity index is 652. The Hall–Kier alpha value is -1.79. The van der Waals surface area contributed by atoms with Crippen molar-refractivity contribution in [3.63, 3.8) is 0 Å². The second-order valence-electron chi connectivity index (χ2n) is 6.30. The van der Waals surface area contributed by atoms with Gasteiger partial charge in [-0.2, -0.15) is 0 Å². The highest BCUT2D eigenvalue weighted by Gasteiger charge is 2.25. The minimum Gasteiger partial charge on any atom is -0.389 e. The van der Waals surface area contributed by atoms with E-state index >= 15 is 0 Å². The molecule has 0 aromatic heterocycles. The van der Waals surface area contributed by atoms with Crippen molar-refractivity contribution in [3.05, 3.63) is 71.5 Å². The number of morpholine rings is 1. The molecule has 2 atom stereocenters. The van der Waals surface area contributed by atoms with Gasteiger partial charge in [-0.25, -0.2) is 4.39 Å². The van der Waals surface area contributed by atoms with E-state index in [9.17, 15) is 9.50 Å². The quantitative estimate of drug-likeness (QED) is 0.838. The summed E-state index contributed by atoms with van der Waals surface area (Å²) in [5, 5.41) is 10.2. The van der Waals surface area contributed by atoms with E-state index in [2.05, 4.69) is 4.90 Å². The van der Waals surface area contributed by atoms with Gasteiger partial charge in [0.1, 0.15) is 5.82 Å². The molecular weight excluding hydrogens is 321 g/mol. The van der Waals surface area contributed by atoms with Crippen LogP contribution in [0.1, 0.15) is 17.2 Å². The van der Waals surface area contributed by atoms with E-state index in [0.29, 0.717) is 31.9 Å². The number of halogens is 1. The van der Waals surface area contributed by atoms with Crippen LogP contribution in [0, 0.1) is 5.82 Å². The second-order valence-corrected chi connectivity index (χ2v) is 6.30. The van der Waals surface area contributed by atoms with Gasteiger partial charge in [0.05, 0.1) is 32.0 Å². The number of hydrogen-bond acceptors (Lipinski definition) is 4. The Morgan fingerprint density at radius 1 is 1.16 bits per heavy atom. The lowest BCUT2D eigenvalue weighted by Gasteiger charge is -2.34. The zero-order valence-corrected chi connectivity index (χ0v) is 14.2. The zero-order chi connectivity index (χ0) is 17.5. The summed E-state index contributed by atoms with van der Waals surface area (Å²) < 4.78 is 25.2. The molecule has 0 spiro atoms. The standard InChI is InChI=1S/C20H24FNO3/c21-19-9-5-4-8-18(19)20-13-22(10-11-25-20)12-17(23)15-24-14-16-6-2-1-3-7-16/h1-9,17,20,23H,10-15H2/t17-,20+/m0/s1. The third-order valence-corrected chi connectivity index (χ3v) is 4.29. The summed E-state index contributed by atoms with van der Waals surface area (Å²) in [5.41, 5.74) is 1.66. The molecular formula is C20H24FNO3. The Labute approximate surface area is 147 Å². The van der Waals surface area contributed by atoms with Gasteiger partial charge in [-0.05, 0) is 11.6 Å². The lowest BCUT2D eigenvalue weighted by molar-refractivity contribution is -0.0546. The summed E-state index contributed by atoms with van der Waals surface area (Å²) >= 11 is 0. The average Bonchev–Trinajstić information content (AvgIpc) is 2.63. The van der Waals surface area contributed by atoms with Crippen LogP contribution in [0.4, 0.5) is 4.39 Å². The van der Waals surface area contributed by atoms with Gasteiger partial charge in [0.25, 0.3) is 0 Å². The highest BCUT2D eigenvalue weighted by Crippen LogP contribution is 2.24. The predicted molar refractivity (Wildman–Crippen MR) is 93.6 cm³/mol. The van der Waals surface area contributed by atoms with Gasteiger partial charge in [0, 0.05) is 25.2 Å². The minimum absolute atomic E-state index is 0.249. The molecule has 0 saturated carbocycles. The van der Waals surface area contributed by atoms with Crippen LogP contribution >= 0.6 is 0 Å². The topological polar surface area (TPSA) is 41.9 Å². The van der Waals surface area contributed by atoms with Crippen LogP contribution in [-0.4, -0.2) is 49.0 Å². The first-order valence-electron chi connectivity index (χ1n) is 8.60. The molecule has 1 heterocycles. The average molecular weight is 345 g/mol. The number of β-amino-alcohol motifs (C(OH)–C–C–N with tert-alkyl or cyclic N) is 1. The molecule has 2 aromatic carbocycles. The van der Waals surface area contributed by atoms with Gasteiger partial charge in [0.2, 0.25) is 0 Å². The van der Waals surface area contributed by atoms with Crippen molar-refractivity contribution in [2.24, 2.45) is 0 Å². The van der Waals surface area contributed by atoms with Crippen LogP contribution in [0.2, 0.25) is 0 Å². The van der Waals surface area contributed by atoms with Crippen LogP contribution in [0.25, 0.3) is 0 Å². The van der Waals surface area contributed by atoms with Crippen LogP contribution < -0.4 is 0 Å². The van der Waals surface area contributed by atoms with Crippen LogP contribution in [0.5, 0.6) is 0 Å². The predicted octanol–water partition coefficient (Wildman–Crippen LogP) is 2.78. The molecule has 0 aliphatic carbocycles. The molecule has 134 valence electrons. The van der Waals surface area contributed by atoms with Gasteiger partial charge < -0.3 is 14.6 Å². The van der Waals surface area contributed by atoms with Crippen molar-refractivity contribution in [1.29, 1.82) is 0 Å². The Morgan fingerprint density at radius 3 is 2.72 bits per heavy atom. The maximum atomic E-state index is 13.9. The number of ether oxygens (including phenoxy) is 2. The molecule has 1 aliphatic heterocycles. The molecule has 25 heavy (non-hydrogen) atoms. The molecule has 1 saturated heterocycles. The lowest BCUT2D eigenvalue weighted by Crippen LogP contribution is -2.43. The third-order valence-electron chi connectivity index (χ3n) is 4.29. The second kappa shape index (κ2) is 9.06. The van der Waals surface area contributed by atoms with Crippen LogP contribution in [0.15, 0.2) is 54.6 Å². The van der Waals surface area contributed by atoms with Gasteiger partial charge in [-0.1, -0.05) is 48.5 Å². The molecule has 1 fully saturated rings. The SMILES string of the molecule is O[C@H](COCc1ccccc1)CN1CCO[C@@H](c2ccccc2F)C1. The first kappa shape index (κ1) is 18.0. The number of aliphatic hydroxyl groups excluding tert-OH is 1. The van der Waals surface area contributed by atoms with E-state index in [-0.39, 0.29) is 18.5 Å². The summed E-state index contributed by atoms with van der Waals surface area (Å²) in [5.74, 6) is -0.249. The van der Waals surface area contributed by atoms with Crippen molar-refractivity contribution in [1.82, 2.24) is 4.90 Å². The number of aliphatic hydroxyl groups is 1. The van der Waals surface area contributed by atoms with Gasteiger partial charge in [-0.3, -0.25) is 4.90 Å². The molecule has 1 N–H and O–H groups in total. The van der Waals surface area contributed by atoms with Crippen LogP contribution in [-0.2, 0) is 16.1 Å². The van der Waals surface area contributed by atoms with Crippen LogP contribution in [0.3, 0.4) is 0 Å². The maximum Gasteiger partial charge on any atom is 0.129 e. The van der Waals surface area contributed by atoms with E-state index < -0.39 is 6.10 Å². The van der Waals surface area contributed by atoms with E-state index in [4.69, 9.17) is 9.47 Å². The largest absolute Gasteiger partial charge is 0.389 e. The fourth-order valence-electron chi connectivity index (χ4n) is 3.03. The molecule has 2 aromatic rings. The molecule has 0 radical (unpaired) electrons. The third kappa shape index (κ3) is 5.34. The van der Waals surface area contributed by atoms with E-state index in [1.165, 1.54) is 6.07 Å². The number of hydrogen-bond donors (Lipinski definition) is 1. The van der Waals surface area contributed by atoms with E-state index in [0.717, 1.165) is 12.1 Å². The summed E-state index contributed by atoms with van der Waals surface area (Å²) in [6.07, 6.45) is -0.879. The first-order valence-corrected chi connectivity index (χ1v) is 8.60. The van der Waals surface area contributed by atoms with E-state index in [1.54, 1.807) is 12.1 Å². The highest BCUT2D eigenvalue weighted by atomic mass is 19.1. The molecule has 1 aliphatic rings. The molecule has 5 heteroatoms. The Balaban J connectivity index is 1.45. The number of rotatable bonds is 7. The maximum absolute atomic E-state index is 13.9. The molecule has 0 amide bonds. The van der Waals surface area contributed by atoms with Crippen molar-refractivity contribution < 1.29 is 19.0 Å². The van der Waals surface area contributed by atoms with Gasteiger partial charge >= 0.3 is 0 Å². The smallest absolute Gasteiger partial charge is 0.129 e. The monoisotopic (exact) mass is 345 g/mol.